The predicted molar refractivity (Wildman–Crippen MR) is 142 cm³/mol. The van der Waals surface area contributed by atoms with Crippen LogP contribution in [0.15, 0.2) is 59.7 Å². The molecule has 2 aromatic carbocycles. The number of imide groups is 2. The van der Waals surface area contributed by atoms with Crippen LogP contribution in [0.5, 0.6) is 0 Å². The quantitative estimate of drug-likeness (QED) is 0.444. The Labute approximate surface area is 226 Å². The number of hydrogen-bond donors (Lipinski definition) is 0. The molecule has 8 nitrogen and oxygen atoms in total. The zero-order valence-corrected chi connectivity index (χ0v) is 22.6. The van der Waals surface area contributed by atoms with E-state index in [1.807, 2.05) is 26.0 Å². The molecule has 2 bridgehead atoms. The van der Waals surface area contributed by atoms with Gasteiger partial charge in [-0.15, -0.1) is 0 Å². The van der Waals surface area contributed by atoms with Crippen LogP contribution in [-0.4, -0.2) is 36.2 Å². The van der Waals surface area contributed by atoms with Gasteiger partial charge in [-0.05, 0) is 63.1 Å². The summed E-state index contributed by atoms with van der Waals surface area (Å²) in [6.07, 6.45) is 0. The fourth-order valence-electron chi connectivity index (χ4n) is 7.85. The third-order valence-electron chi connectivity index (χ3n) is 9.20. The Morgan fingerprint density at radius 1 is 0.769 bits per heavy atom. The first-order valence-corrected chi connectivity index (χ1v) is 13.3. The van der Waals surface area contributed by atoms with Crippen molar-refractivity contribution in [1.82, 2.24) is 0 Å². The van der Waals surface area contributed by atoms with E-state index in [1.54, 1.807) is 57.2 Å². The monoisotopic (exact) mass is 526 g/mol. The topological polar surface area (TPSA) is 101 Å². The second-order valence-electron chi connectivity index (χ2n) is 11.3. The smallest absolute Gasteiger partial charge is 0.334 e. The van der Waals surface area contributed by atoms with E-state index >= 15 is 0 Å². The number of carbonyl (C=O) groups excluding carboxylic acids is 5. The van der Waals surface area contributed by atoms with E-state index in [0.717, 1.165) is 11.1 Å². The molecule has 0 aromatic heterocycles. The number of allylic oxidation sites excluding steroid dienone is 1. The molecule has 4 atom stereocenters. The lowest BCUT2D eigenvalue weighted by Gasteiger charge is -2.55. The molecule has 0 radical (unpaired) electrons. The standard InChI is InChI=1S/C31H30N2O6/c1-6-39-30(38)23-17(4)20-21-24(28(36)32(26(21)34)18-11-7-9-15(2)13-18)31(23,5)25-22(20)27(35)33(29(25)37)19-12-8-10-16(3)14-19/h7-14,20-22,24-25H,6H2,1-5H3/t20?,21-,22-,24+,25+,31?/m0/s1. The highest BCUT2D eigenvalue weighted by Crippen LogP contribution is 2.68. The van der Waals surface area contributed by atoms with E-state index in [2.05, 4.69) is 0 Å². The third-order valence-corrected chi connectivity index (χ3v) is 9.20. The third kappa shape index (κ3) is 3.14. The Kier molecular flexibility index (Phi) is 5.47. The first kappa shape index (κ1) is 25.2. The van der Waals surface area contributed by atoms with E-state index in [-0.39, 0.29) is 12.2 Å². The number of anilines is 2. The number of amides is 4. The van der Waals surface area contributed by atoms with Crippen LogP contribution >= 0.6 is 0 Å². The number of benzene rings is 2. The van der Waals surface area contributed by atoms with E-state index in [4.69, 9.17) is 4.74 Å². The highest BCUT2D eigenvalue weighted by molar-refractivity contribution is 6.27. The van der Waals surface area contributed by atoms with Crippen molar-refractivity contribution < 1.29 is 28.7 Å². The van der Waals surface area contributed by atoms with Crippen molar-refractivity contribution in [1.29, 1.82) is 0 Å². The van der Waals surface area contributed by atoms with Crippen LogP contribution in [0.25, 0.3) is 0 Å². The lowest BCUT2D eigenvalue weighted by molar-refractivity contribution is -0.155. The van der Waals surface area contributed by atoms with Gasteiger partial charge in [-0.1, -0.05) is 36.8 Å². The van der Waals surface area contributed by atoms with Gasteiger partial charge in [0.1, 0.15) is 0 Å². The van der Waals surface area contributed by atoms with Crippen molar-refractivity contribution in [2.24, 2.45) is 35.0 Å². The molecule has 200 valence electrons. The molecular formula is C31H30N2O6. The molecule has 7 rings (SSSR count). The van der Waals surface area contributed by atoms with E-state index in [9.17, 15) is 24.0 Å². The van der Waals surface area contributed by atoms with Gasteiger partial charge in [-0.25, -0.2) is 14.6 Å². The van der Waals surface area contributed by atoms with Crippen LogP contribution in [0, 0.1) is 48.9 Å². The molecule has 4 amide bonds. The molecule has 5 aliphatic rings. The van der Waals surface area contributed by atoms with Crippen molar-refractivity contribution in [3.8, 4) is 0 Å². The predicted octanol–water partition coefficient (Wildman–Crippen LogP) is 3.74. The fourth-order valence-corrected chi connectivity index (χ4v) is 7.85. The maximum atomic E-state index is 14.2. The number of rotatable bonds is 4. The average Bonchev–Trinajstić information content (AvgIpc) is 3.30. The van der Waals surface area contributed by atoms with Gasteiger partial charge in [0.15, 0.2) is 0 Å². The SMILES string of the molecule is CCOC(=O)C1=C(C)C2[C@@H]3C(=O)N(c4cccc(C)c4)C(=O)[C@@H]3C1(C)[C@H]1C(=O)N(c3cccc(C)c3)C(=O)[C@@H]21. The molecule has 2 aromatic rings. The molecule has 2 aliphatic heterocycles. The molecule has 3 aliphatic carbocycles. The number of aryl methyl sites for hydroxylation is 2. The fraction of sp³-hybridized carbons (Fsp3) is 0.387. The lowest BCUT2D eigenvalue weighted by Crippen LogP contribution is -2.61. The number of ether oxygens (including phenoxy) is 1. The second kappa shape index (κ2) is 8.46. The molecule has 0 spiro atoms. The number of carbonyl (C=O) groups is 5. The first-order valence-electron chi connectivity index (χ1n) is 13.3. The van der Waals surface area contributed by atoms with Crippen molar-refractivity contribution in [2.45, 2.75) is 34.6 Å². The molecule has 1 saturated carbocycles. The summed E-state index contributed by atoms with van der Waals surface area (Å²) in [6.45, 7) is 8.99. The van der Waals surface area contributed by atoms with Crippen LogP contribution in [0.3, 0.4) is 0 Å². The highest BCUT2D eigenvalue weighted by atomic mass is 16.5. The summed E-state index contributed by atoms with van der Waals surface area (Å²) in [7, 11) is 0. The van der Waals surface area contributed by atoms with Gasteiger partial charge in [-0.2, -0.15) is 0 Å². The minimum atomic E-state index is -1.41. The lowest BCUT2D eigenvalue weighted by atomic mass is 9.43. The Morgan fingerprint density at radius 2 is 1.23 bits per heavy atom. The minimum Gasteiger partial charge on any atom is -0.463 e. The van der Waals surface area contributed by atoms with Gasteiger partial charge in [0.2, 0.25) is 23.6 Å². The Hall–Kier alpha value is -4.07. The molecule has 0 N–H and O–H groups in total. The molecule has 2 saturated heterocycles. The van der Waals surface area contributed by atoms with Gasteiger partial charge in [0, 0.05) is 16.9 Å². The number of esters is 1. The summed E-state index contributed by atoms with van der Waals surface area (Å²) >= 11 is 0. The summed E-state index contributed by atoms with van der Waals surface area (Å²) in [4.78, 5) is 72.3. The number of nitrogens with zero attached hydrogens (tertiary/aromatic N) is 2. The van der Waals surface area contributed by atoms with Gasteiger partial charge >= 0.3 is 5.97 Å². The maximum absolute atomic E-state index is 14.2. The molecule has 0 unspecified atom stereocenters. The van der Waals surface area contributed by atoms with Crippen LogP contribution in [0.4, 0.5) is 11.4 Å². The summed E-state index contributed by atoms with van der Waals surface area (Å²) in [6, 6.07) is 14.2. The maximum Gasteiger partial charge on any atom is 0.334 e. The summed E-state index contributed by atoms with van der Waals surface area (Å²) in [5.74, 6) is -6.78. The van der Waals surface area contributed by atoms with Crippen molar-refractivity contribution in [2.75, 3.05) is 16.4 Å². The van der Waals surface area contributed by atoms with Crippen LogP contribution in [0.1, 0.15) is 31.9 Å². The highest BCUT2D eigenvalue weighted by Gasteiger charge is 2.77. The van der Waals surface area contributed by atoms with E-state index in [1.165, 1.54) is 9.80 Å². The number of hydrogen-bond acceptors (Lipinski definition) is 6. The Morgan fingerprint density at radius 3 is 1.64 bits per heavy atom. The van der Waals surface area contributed by atoms with Crippen LogP contribution in [0.2, 0.25) is 0 Å². The zero-order valence-electron chi connectivity index (χ0n) is 22.6. The van der Waals surface area contributed by atoms with Crippen molar-refractivity contribution >= 4 is 41.0 Å². The van der Waals surface area contributed by atoms with Gasteiger partial charge < -0.3 is 4.74 Å². The minimum absolute atomic E-state index is 0.114. The molecule has 2 heterocycles. The summed E-state index contributed by atoms with van der Waals surface area (Å²) in [5.41, 5.74) is 2.05. The summed E-state index contributed by atoms with van der Waals surface area (Å²) < 4.78 is 5.43. The molecular weight excluding hydrogens is 496 g/mol. The van der Waals surface area contributed by atoms with Crippen molar-refractivity contribution in [3.63, 3.8) is 0 Å². The molecule has 3 fully saturated rings. The van der Waals surface area contributed by atoms with Crippen molar-refractivity contribution in [3.05, 3.63) is 70.8 Å². The zero-order chi connectivity index (χ0) is 28.0. The Balaban J connectivity index is 1.55. The largest absolute Gasteiger partial charge is 0.463 e. The van der Waals surface area contributed by atoms with E-state index < -0.39 is 64.6 Å². The molecule has 8 heteroatoms. The molecule has 39 heavy (non-hydrogen) atoms. The normalized spacial score (nSPS) is 31.3. The van der Waals surface area contributed by atoms with E-state index in [0.29, 0.717) is 16.9 Å². The summed E-state index contributed by atoms with van der Waals surface area (Å²) in [5, 5.41) is 0. The van der Waals surface area contributed by atoms with Gasteiger partial charge in [-0.3, -0.25) is 19.2 Å². The van der Waals surface area contributed by atoms with Gasteiger partial charge in [0.05, 0.1) is 41.7 Å². The van der Waals surface area contributed by atoms with Crippen LogP contribution in [-0.2, 0) is 28.7 Å². The second-order valence-corrected chi connectivity index (χ2v) is 11.3. The average molecular weight is 527 g/mol. The first-order chi connectivity index (χ1) is 18.5. The van der Waals surface area contributed by atoms with Crippen LogP contribution < -0.4 is 9.80 Å². The Bertz CT molecular complexity index is 1430. The van der Waals surface area contributed by atoms with Gasteiger partial charge in [0.25, 0.3) is 0 Å².